The normalized spacial score (nSPS) is 16.9. The van der Waals surface area contributed by atoms with Gasteiger partial charge in [-0.1, -0.05) is 34.1 Å². The van der Waals surface area contributed by atoms with Crippen LogP contribution in [-0.4, -0.2) is 49.4 Å². The van der Waals surface area contributed by atoms with E-state index in [0.29, 0.717) is 25.4 Å². The number of hydrogen-bond donors (Lipinski definition) is 2. The highest BCUT2D eigenvalue weighted by Crippen LogP contribution is 2.37. The zero-order valence-electron chi connectivity index (χ0n) is 16.0. The Morgan fingerprint density at radius 3 is 2.34 bits per heavy atom. The van der Waals surface area contributed by atoms with Crippen molar-refractivity contribution in [2.75, 3.05) is 20.2 Å². The van der Waals surface area contributed by atoms with E-state index in [4.69, 9.17) is 4.74 Å². The van der Waals surface area contributed by atoms with E-state index in [-0.39, 0.29) is 17.7 Å². The molecule has 3 rings (SSSR count). The molecule has 1 saturated heterocycles. The third kappa shape index (κ3) is 4.18. The lowest BCUT2D eigenvalue weighted by molar-refractivity contribution is -0.133. The molecule has 7 nitrogen and oxygen atoms in total. The number of rotatable bonds is 6. The van der Waals surface area contributed by atoms with Crippen LogP contribution in [0.25, 0.3) is 0 Å². The predicted octanol–water partition coefficient (Wildman–Crippen LogP) is 2.77. The lowest BCUT2D eigenvalue weighted by Crippen LogP contribution is -2.57. The summed E-state index contributed by atoms with van der Waals surface area (Å²) >= 11 is 3.52. The summed E-state index contributed by atoms with van der Waals surface area (Å²) < 4.78 is 31.1. The number of benzene rings is 2. The van der Waals surface area contributed by atoms with E-state index in [1.165, 1.54) is 19.2 Å². The number of nitrogens with one attached hydrogen (secondary N) is 1. The standard InChI is InChI=1S/C20H23BrN2O5S/c1-28-16-6-8-17(9-7-16)29(26,27)20(19(24)22-25)10-12-23(13-11-20)14-15-4-2-3-5-18(15)21/h2-9,25H,10-14H2,1H3,(H,22,24). The Balaban J connectivity index is 1.85. The SMILES string of the molecule is COc1ccc(S(=O)(=O)C2(C(=O)NO)CCN(Cc3ccccc3Br)CC2)cc1. The van der Waals surface area contributed by atoms with E-state index in [2.05, 4.69) is 20.8 Å². The molecule has 0 aromatic heterocycles. The lowest BCUT2D eigenvalue weighted by atomic mass is 9.94. The van der Waals surface area contributed by atoms with Crippen LogP contribution in [0.4, 0.5) is 0 Å². The number of sulfone groups is 1. The average Bonchev–Trinajstić information content (AvgIpc) is 2.75. The van der Waals surface area contributed by atoms with Crippen LogP contribution < -0.4 is 10.2 Å². The Hall–Kier alpha value is -1.94. The van der Waals surface area contributed by atoms with Gasteiger partial charge in [-0.25, -0.2) is 13.9 Å². The van der Waals surface area contributed by atoms with E-state index in [1.807, 2.05) is 24.3 Å². The van der Waals surface area contributed by atoms with Crippen LogP contribution >= 0.6 is 15.9 Å². The molecule has 1 amide bonds. The molecule has 0 unspecified atom stereocenters. The zero-order valence-corrected chi connectivity index (χ0v) is 18.4. The molecule has 29 heavy (non-hydrogen) atoms. The molecule has 0 spiro atoms. The Bertz CT molecular complexity index is 971. The van der Waals surface area contributed by atoms with Gasteiger partial charge in [0.25, 0.3) is 5.91 Å². The number of halogens is 1. The molecule has 2 aromatic rings. The third-order valence-electron chi connectivity index (χ3n) is 5.42. The minimum atomic E-state index is -4.03. The van der Waals surface area contributed by atoms with Gasteiger partial charge in [0.1, 0.15) is 5.75 Å². The second kappa shape index (κ2) is 8.83. The maximum absolute atomic E-state index is 13.4. The van der Waals surface area contributed by atoms with Crippen LogP contribution in [0.15, 0.2) is 57.9 Å². The monoisotopic (exact) mass is 482 g/mol. The molecule has 1 heterocycles. The van der Waals surface area contributed by atoms with Crippen molar-refractivity contribution in [1.82, 2.24) is 10.4 Å². The highest BCUT2D eigenvalue weighted by atomic mass is 79.9. The number of nitrogens with zero attached hydrogens (tertiary/aromatic N) is 1. The van der Waals surface area contributed by atoms with Gasteiger partial charge in [0.05, 0.1) is 12.0 Å². The Kier molecular flexibility index (Phi) is 6.62. The maximum atomic E-state index is 13.4. The third-order valence-corrected chi connectivity index (χ3v) is 8.70. The molecule has 0 radical (unpaired) electrons. The van der Waals surface area contributed by atoms with E-state index < -0.39 is 20.5 Å². The number of piperidine rings is 1. The largest absolute Gasteiger partial charge is 0.497 e. The number of ether oxygens (including phenoxy) is 1. The van der Waals surface area contributed by atoms with Crippen molar-refractivity contribution in [3.8, 4) is 5.75 Å². The van der Waals surface area contributed by atoms with Crippen molar-refractivity contribution >= 4 is 31.7 Å². The van der Waals surface area contributed by atoms with Crippen molar-refractivity contribution in [3.05, 3.63) is 58.6 Å². The molecular formula is C20H23BrN2O5S. The summed E-state index contributed by atoms with van der Waals surface area (Å²) in [6.45, 7) is 1.45. The van der Waals surface area contributed by atoms with Crippen LogP contribution in [0.5, 0.6) is 5.75 Å². The number of hydroxylamine groups is 1. The van der Waals surface area contributed by atoms with Crippen LogP contribution in [0.2, 0.25) is 0 Å². The molecule has 156 valence electrons. The fraction of sp³-hybridized carbons (Fsp3) is 0.350. The molecule has 0 atom stereocenters. The Morgan fingerprint density at radius 2 is 1.79 bits per heavy atom. The predicted molar refractivity (Wildman–Crippen MR) is 111 cm³/mol. The lowest BCUT2D eigenvalue weighted by Gasteiger charge is -2.39. The van der Waals surface area contributed by atoms with E-state index >= 15 is 0 Å². The highest BCUT2D eigenvalue weighted by Gasteiger charge is 2.52. The van der Waals surface area contributed by atoms with Crippen molar-refractivity contribution in [3.63, 3.8) is 0 Å². The van der Waals surface area contributed by atoms with Crippen molar-refractivity contribution in [1.29, 1.82) is 0 Å². The molecule has 0 bridgehead atoms. The van der Waals surface area contributed by atoms with E-state index in [9.17, 15) is 18.4 Å². The van der Waals surface area contributed by atoms with Crippen LogP contribution in [0, 0.1) is 0 Å². The van der Waals surface area contributed by atoms with Crippen molar-refractivity contribution in [2.45, 2.75) is 29.0 Å². The smallest absolute Gasteiger partial charge is 0.265 e. The summed E-state index contributed by atoms with van der Waals surface area (Å²) in [6.07, 6.45) is 0.163. The average molecular weight is 483 g/mol. The molecule has 9 heteroatoms. The first-order chi connectivity index (χ1) is 13.8. The Morgan fingerprint density at radius 1 is 1.17 bits per heavy atom. The summed E-state index contributed by atoms with van der Waals surface area (Å²) in [4.78, 5) is 14.7. The van der Waals surface area contributed by atoms with Crippen LogP contribution in [0.1, 0.15) is 18.4 Å². The van der Waals surface area contributed by atoms with E-state index in [0.717, 1.165) is 10.0 Å². The summed E-state index contributed by atoms with van der Waals surface area (Å²) in [5.74, 6) is -0.373. The number of amides is 1. The van der Waals surface area contributed by atoms with E-state index in [1.54, 1.807) is 17.6 Å². The highest BCUT2D eigenvalue weighted by molar-refractivity contribution is 9.10. The maximum Gasteiger partial charge on any atom is 0.265 e. The molecule has 0 aliphatic carbocycles. The van der Waals surface area contributed by atoms with Gasteiger partial charge in [-0.05, 0) is 48.7 Å². The van der Waals surface area contributed by atoms with Gasteiger partial charge in [-0.3, -0.25) is 14.9 Å². The molecule has 2 N–H and O–H groups in total. The van der Waals surface area contributed by atoms with Crippen LogP contribution in [0.3, 0.4) is 0 Å². The molecule has 1 aliphatic rings. The zero-order chi connectivity index (χ0) is 21.1. The van der Waals surface area contributed by atoms with Gasteiger partial charge in [-0.2, -0.15) is 0 Å². The molecular weight excluding hydrogens is 460 g/mol. The number of methoxy groups -OCH3 is 1. The van der Waals surface area contributed by atoms with Crippen LogP contribution in [-0.2, 0) is 21.2 Å². The fourth-order valence-electron chi connectivity index (χ4n) is 3.64. The van der Waals surface area contributed by atoms with Gasteiger partial charge >= 0.3 is 0 Å². The van der Waals surface area contributed by atoms with Gasteiger partial charge in [0.2, 0.25) is 0 Å². The van der Waals surface area contributed by atoms with Crippen molar-refractivity contribution < 1.29 is 23.2 Å². The second-order valence-corrected chi connectivity index (χ2v) is 10.1. The minimum absolute atomic E-state index is 0.0288. The number of hydrogen-bond acceptors (Lipinski definition) is 6. The van der Waals surface area contributed by atoms with Gasteiger partial charge in [-0.15, -0.1) is 0 Å². The molecule has 0 saturated carbocycles. The summed E-state index contributed by atoms with van der Waals surface area (Å²) in [6, 6.07) is 13.8. The molecule has 1 fully saturated rings. The van der Waals surface area contributed by atoms with Gasteiger partial charge in [0.15, 0.2) is 14.6 Å². The topological polar surface area (TPSA) is 95.9 Å². The summed E-state index contributed by atoms with van der Waals surface area (Å²) in [5, 5.41) is 9.28. The summed E-state index contributed by atoms with van der Waals surface area (Å²) in [7, 11) is -2.54. The summed E-state index contributed by atoms with van der Waals surface area (Å²) in [5.41, 5.74) is 2.67. The second-order valence-electron chi connectivity index (χ2n) is 6.98. The first-order valence-electron chi connectivity index (χ1n) is 9.13. The fourth-order valence-corrected chi connectivity index (χ4v) is 6.01. The first-order valence-corrected chi connectivity index (χ1v) is 11.4. The number of likely N-dealkylation sites (tertiary alicyclic amines) is 1. The molecule has 1 aliphatic heterocycles. The molecule has 2 aromatic carbocycles. The quantitative estimate of drug-likeness (QED) is 0.485. The Labute approximate surface area is 178 Å². The first kappa shape index (κ1) is 21.8. The minimum Gasteiger partial charge on any atom is -0.497 e. The number of carbonyl (C=O) groups excluding carboxylic acids is 1. The van der Waals surface area contributed by atoms with Crippen molar-refractivity contribution in [2.24, 2.45) is 0 Å². The number of carbonyl (C=O) groups is 1. The van der Waals surface area contributed by atoms with Gasteiger partial charge in [0, 0.05) is 24.1 Å². The van der Waals surface area contributed by atoms with Gasteiger partial charge < -0.3 is 4.74 Å².